The number of nitrogens with one attached hydrogen (secondary N) is 1. The maximum absolute atomic E-state index is 10.1. The zero-order chi connectivity index (χ0) is 13.9. The molecule has 2 aliphatic rings. The SMILES string of the molecule is CCc1n[nH]c(CN2CCOC[C@@H]2[C@H]2CCC[C@@H]2O)n1. The van der Waals surface area contributed by atoms with Crippen LogP contribution in [-0.4, -0.2) is 57.1 Å². The van der Waals surface area contributed by atoms with Crippen molar-refractivity contribution >= 4 is 0 Å². The van der Waals surface area contributed by atoms with Gasteiger partial charge in [0.05, 0.1) is 25.9 Å². The highest BCUT2D eigenvalue weighted by atomic mass is 16.5. The number of morpholine rings is 1. The fourth-order valence-corrected chi connectivity index (χ4v) is 3.42. The van der Waals surface area contributed by atoms with Crippen LogP contribution >= 0.6 is 0 Å². The Bertz CT molecular complexity index is 437. The second-order valence-corrected chi connectivity index (χ2v) is 5.83. The van der Waals surface area contributed by atoms with Gasteiger partial charge < -0.3 is 9.84 Å². The number of aliphatic hydroxyl groups excluding tert-OH is 1. The van der Waals surface area contributed by atoms with Gasteiger partial charge >= 0.3 is 0 Å². The number of hydrogen-bond donors (Lipinski definition) is 2. The second-order valence-electron chi connectivity index (χ2n) is 5.83. The number of aromatic nitrogens is 3. The summed E-state index contributed by atoms with van der Waals surface area (Å²) in [4.78, 5) is 6.88. The van der Waals surface area contributed by atoms with Gasteiger partial charge in [0.1, 0.15) is 11.6 Å². The Morgan fingerprint density at radius 2 is 2.35 bits per heavy atom. The van der Waals surface area contributed by atoms with Crippen LogP contribution < -0.4 is 0 Å². The minimum atomic E-state index is -0.176. The summed E-state index contributed by atoms with van der Waals surface area (Å²) in [7, 11) is 0. The molecule has 2 heterocycles. The Kier molecular flexibility index (Phi) is 4.33. The third-order valence-corrected chi connectivity index (χ3v) is 4.55. The number of nitrogens with zero attached hydrogens (tertiary/aromatic N) is 3. The van der Waals surface area contributed by atoms with Crippen molar-refractivity contribution in [1.29, 1.82) is 0 Å². The summed E-state index contributed by atoms with van der Waals surface area (Å²) >= 11 is 0. The zero-order valence-electron chi connectivity index (χ0n) is 12.1. The van der Waals surface area contributed by atoms with E-state index < -0.39 is 0 Å². The first-order chi connectivity index (χ1) is 9.78. The molecule has 1 aromatic heterocycles. The fourth-order valence-electron chi connectivity index (χ4n) is 3.42. The highest BCUT2D eigenvalue weighted by Crippen LogP contribution is 2.32. The van der Waals surface area contributed by atoms with E-state index in [1.54, 1.807) is 0 Å². The molecule has 1 aliphatic heterocycles. The fraction of sp³-hybridized carbons (Fsp3) is 0.857. The minimum Gasteiger partial charge on any atom is -0.393 e. The molecule has 6 heteroatoms. The number of rotatable bonds is 4. The van der Waals surface area contributed by atoms with E-state index in [9.17, 15) is 5.11 Å². The first kappa shape index (κ1) is 14.0. The first-order valence-corrected chi connectivity index (χ1v) is 7.68. The molecule has 1 saturated heterocycles. The van der Waals surface area contributed by atoms with Crippen LogP contribution in [0.2, 0.25) is 0 Å². The molecule has 0 amide bonds. The summed E-state index contributed by atoms with van der Waals surface area (Å²) in [5.41, 5.74) is 0. The minimum absolute atomic E-state index is 0.176. The monoisotopic (exact) mass is 280 g/mol. The maximum Gasteiger partial charge on any atom is 0.150 e. The van der Waals surface area contributed by atoms with Gasteiger partial charge in [0.15, 0.2) is 0 Å². The number of hydrogen-bond acceptors (Lipinski definition) is 5. The summed E-state index contributed by atoms with van der Waals surface area (Å²) in [5.74, 6) is 2.12. The van der Waals surface area contributed by atoms with Crippen molar-refractivity contribution in [3.8, 4) is 0 Å². The number of aromatic amines is 1. The molecule has 1 saturated carbocycles. The lowest BCUT2D eigenvalue weighted by atomic mass is 9.94. The number of H-pyrrole nitrogens is 1. The molecule has 3 rings (SSSR count). The van der Waals surface area contributed by atoms with Gasteiger partial charge in [0.2, 0.25) is 0 Å². The highest BCUT2D eigenvalue weighted by Gasteiger charge is 2.37. The van der Waals surface area contributed by atoms with Gasteiger partial charge in [-0.2, -0.15) is 5.10 Å². The Morgan fingerprint density at radius 3 is 3.05 bits per heavy atom. The standard InChI is InChI=1S/C14H24N4O2/c1-2-13-15-14(17-16-13)8-18-6-7-20-9-11(18)10-4-3-5-12(10)19/h10-12,19H,2-9H2,1H3,(H,15,16,17)/t10-,11-,12+/m1/s1. The number of aliphatic hydroxyl groups is 1. The van der Waals surface area contributed by atoms with E-state index in [2.05, 4.69) is 27.0 Å². The predicted octanol–water partition coefficient (Wildman–Crippen LogP) is 0.729. The quantitative estimate of drug-likeness (QED) is 0.850. The third kappa shape index (κ3) is 2.87. The van der Waals surface area contributed by atoms with E-state index in [0.29, 0.717) is 12.0 Å². The van der Waals surface area contributed by atoms with Crippen molar-refractivity contribution in [3.63, 3.8) is 0 Å². The van der Waals surface area contributed by atoms with Crippen LogP contribution in [0.1, 0.15) is 37.8 Å². The van der Waals surface area contributed by atoms with E-state index in [0.717, 1.165) is 63.6 Å². The van der Waals surface area contributed by atoms with Crippen molar-refractivity contribution in [3.05, 3.63) is 11.6 Å². The van der Waals surface area contributed by atoms with E-state index >= 15 is 0 Å². The van der Waals surface area contributed by atoms with Crippen LogP contribution in [0.5, 0.6) is 0 Å². The smallest absolute Gasteiger partial charge is 0.150 e. The van der Waals surface area contributed by atoms with Gasteiger partial charge in [0, 0.05) is 24.9 Å². The maximum atomic E-state index is 10.1. The van der Waals surface area contributed by atoms with Crippen molar-refractivity contribution < 1.29 is 9.84 Å². The van der Waals surface area contributed by atoms with Crippen LogP contribution in [-0.2, 0) is 17.7 Å². The molecule has 20 heavy (non-hydrogen) atoms. The first-order valence-electron chi connectivity index (χ1n) is 7.68. The Labute approximate surface area is 119 Å². The Morgan fingerprint density at radius 1 is 1.45 bits per heavy atom. The summed E-state index contributed by atoms with van der Waals surface area (Å²) < 4.78 is 5.64. The van der Waals surface area contributed by atoms with Crippen molar-refractivity contribution in [1.82, 2.24) is 20.1 Å². The van der Waals surface area contributed by atoms with Crippen LogP contribution in [0.4, 0.5) is 0 Å². The number of aryl methyl sites for hydroxylation is 1. The van der Waals surface area contributed by atoms with Crippen molar-refractivity contribution in [2.24, 2.45) is 5.92 Å². The average molecular weight is 280 g/mol. The summed E-state index contributed by atoms with van der Waals surface area (Å²) in [6, 6.07) is 0.302. The summed E-state index contributed by atoms with van der Waals surface area (Å²) in [6.07, 6.45) is 3.83. The summed E-state index contributed by atoms with van der Waals surface area (Å²) in [5, 5.41) is 17.4. The Hall–Kier alpha value is -0.980. The molecule has 0 unspecified atom stereocenters. The molecular formula is C14H24N4O2. The molecule has 1 aliphatic carbocycles. The molecule has 6 nitrogen and oxygen atoms in total. The topological polar surface area (TPSA) is 74.3 Å². The molecule has 0 radical (unpaired) electrons. The van der Waals surface area contributed by atoms with Crippen LogP contribution in [0.3, 0.4) is 0 Å². The van der Waals surface area contributed by atoms with E-state index in [-0.39, 0.29) is 6.10 Å². The van der Waals surface area contributed by atoms with E-state index in [1.807, 2.05) is 0 Å². The normalized spacial score (nSPS) is 31.8. The third-order valence-electron chi connectivity index (χ3n) is 4.55. The van der Waals surface area contributed by atoms with E-state index in [1.165, 1.54) is 0 Å². The van der Waals surface area contributed by atoms with Crippen molar-refractivity contribution in [2.45, 2.75) is 51.3 Å². The largest absolute Gasteiger partial charge is 0.393 e. The molecule has 3 atom stereocenters. The lowest BCUT2D eigenvalue weighted by molar-refractivity contribution is -0.0545. The molecule has 112 valence electrons. The molecule has 1 aromatic rings. The van der Waals surface area contributed by atoms with Gasteiger partial charge in [0.25, 0.3) is 0 Å². The van der Waals surface area contributed by atoms with Crippen molar-refractivity contribution in [2.75, 3.05) is 19.8 Å². The second kappa shape index (κ2) is 6.20. The van der Waals surface area contributed by atoms with Gasteiger partial charge in [-0.05, 0) is 12.8 Å². The lowest BCUT2D eigenvalue weighted by Crippen LogP contribution is -2.50. The van der Waals surface area contributed by atoms with E-state index in [4.69, 9.17) is 4.74 Å². The Balaban J connectivity index is 1.68. The molecule has 0 bridgehead atoms. The van der Waals surface area contributed by atoms with Gasteiger partial charge in [-0.1, -0.05) is 13.3 Å². The zero-order valence-corrected chi connectivity index (χ0v) is 12.1. The molecule has 0 aromatic carbocycles. The van der Waals surface area contributed by atoms with Crippen LogP contribution in [0.15, 0.2) is 0 Å². The van der Waals surface area contributed by atoms with Crippen LogP contribution in [0, 0.1) is 5.92 Å². The molecule has 0 spiro atoms. The summed E-state index contributed by atoms with van der Waals surface area (Å²) in [6.45, 7) is 5.20. The highest BCUT2D eigenvalue weighted by molar-refractivity contribution is 4.94. The van der Waals surface area contributed by atoms with Crippen LogP contribution in [0.25, 0.3) is 0 Å². The predicted molar refractivity (Wildman–Crippen MR) is 74.1 cm³/mol. The number of ether oxygens (including phenoxy) is 1. The molecule has 2 fully saturated rings. The average Bonchev–Trinajstić information content (AvgIpc) is 3.08. The van der Waals surface area contributed by atoms with Gasteiger partial charge in [-0.3, -0.25) is 10.00 Å². The van der Waals surface area contributed by atoms with Gasteiger partial charge in [-0.15, -0.1) is 0 Å². The molecule has 2 N–H and O–H groups in total. The lowest BCUT2D eigenvalue weighted by Gasteiger charge is -2.39. The van der Waals surface area contributed by atoms with Gasteiger partial charge in [-0.25, -0.2) is 4.98 Å². The molecular weight excluding hydrogens is 256 g/mol.